The minimum Gasteiger partial charge on any atom is -0.392 e. The first-order chi connectivity index (χ1) is 4.54. The molecule has 0 aliphatic heterocycles. The maximum Gasteiger partial charge on any atom is 0.0628 e. The molecule has 2 atom stereocenters. The standard InChI is InChI=1S/C7H13BrOS/c1-5(8)4-10-7(3)6(2)9/h6-7,9H,1,4H2,2-3H3. The van der Waals surface area contributed by atoms with Crippen molar-refractivity contribution < 1.29 is 5.11 Å². The molecule has 10 heavy (non-hydrogen) atoms. The van der Waals surface area contributed by atoms with E-state index in [-0.39, 0.29) is 11.4 Å². The van der Waals surface area contributed by atoms with Crippen LogP contribution in [0.5, 0.6) is 0 Å². The highest BCUT2D eigenvalue weighted by atomic mass is 79.9. The Morgan fingerprint density at radius 2 is 2.20 bits per heavy atom. The lowest BCUT2D eigenvalue weighted by Gasteiger charge is -2.12. The molecule has 0 rings (SSSR count). The van der Waals surface area contributed by atoms with Crippen LogP contribution in [0, 0.1) is 0 Å². The van der Waals surface area contributed by atoms with Crippen molar-refractivity contribution in [2.24, 2.45) is 0 Å². The smallest absolute Gasteiger partial charge is 0.0628 e. The van der Waals surface area contributed by atoms with Crippen molar-refractivity contribution in [1.82, 2.24) is 0 Å². The molecule has 60 valence electrons. The average molecular weight is 225 g/mol. The number of aliphatic hydroxyl groups excluding tert-OH is 1. The Bertz CT molecular complexity index is 114. The third-order valence-electron chi connectivity index (χ3n) is 1.18. The molecule has 0 fully saturated rings. The summed E-state index contributed by atoms with van der Waals surface area (Å²) in [6.45, 7) is 7.51. The zero-order valence-electron chi connectivity index (χ0n) is 6.30. The van der Waals surface area contributed by atoms with Gasteiger partial charge in [-0.2, -0.15) is 11.8 Å². The zero-order valence-corrected chi connectivity index (χ0v) is 8.70. The van der Waals surface area contributed by atoms with E-state index in [1.165, 1.54) is 0 Å². The van der Waals surface area contributed by atoms with Crippen molar-refractivity contribution >= 4 is 27.7 Å². The van der Waals surface area contributed by atoms with Crippen molar-refractivity contribution in [1.29, 1.82) is 0 Å². The second kappa shape index (κ2) is 5.22. The van der Waals surface area contributed by atoms with Gasteiger partial charge in [0.1, 0.15) is 0 Å². The van der Waals surface area contributed by atoms with Gasteiger partial charge in [-0.3, -0.25) is 0 Å². The van der Waals surface area contributed by atoms with E-state index in [4.69, 9.17) is 5.11 Å². The summed E-state index contributed by atoms with van der Waals surface area (Å²) >= 11 is 4.95. The van der Waals surface area contributed by atoms with E-state index >= 15 is 0 Å². The number of aliphatic hydroxyl groups is 1. The molecular weight excluding hydrogens is 212 g/mol. The molecule has 1 nitrogen and oxygen atoms in total. The van der Waals surface area contributed by atoms with E-state index < -0.39 is 0 Å². The van der Waals surface area contributed by atoms with Crippen LogP contribution in [0.2, 0.25) is 0 Å². The van der Waals surface area contributed by atoms with Crippen LogP contribution in [0.25, 0.3) is 0 Å². The highest BCUT2D eigenvalue weighted by Crippen LogP contribution is 2.18. The van der Waals surface area contributed by atoms with Gasteiger partial charge in [0.05, 0.1) is 6.10 Å². The molecule has 0 aromatic heterocycles. The molecular formula is C7H13BrOS. The molecule has 0 spiro atoms. The van der Waals surface area contributed by atoms with E-state index in [1.807, 2.05) is 6.92 Å². The molecule has 0 saturated heterocycles. The number of thioether (sulfide) groups is 1. The number of halogens is 1. The number of hydrogen-bond donors (Lipinski definition) is 1. The van der Waals surface area contributed by atoms with Crippen molar-refractivity contribution in [3.05, 3.63) is 11.1 Å². The normalized spacial score (nSPS) is 16.4. The minimum atomic E-state index is -0.239. The molecule has 2 unspecified atom stereocenters. The third-order valence-corrected chi connectivity index (χ3v) is 3.27. The first-order valence-corrected chi connectivity index (χ1v) is 5.01. The maximum absolute atomic E-state index is 9.07. The van der Waals surface area contributed by atoms with Crippen LogP contribution < -0.4 is 0 Å². The molecule has 1 N–H and O–H groups in total. The van der Waals surface area contributed by atoms with Gasteiger partial charge < -0.3 is 5.11 Å². The number of hydrogen-bond acceptors (Lipinski definition) is 2. The van der Waals surface area contributed by atoms with Crippen LogP contribution in [-0.4, -0.2) is 22.2 Å². The molecule has 0 aliphatic rings. The Hall–Kier alpha value is 0.530. The zero-order chi connectivity index (χ0) is 8.15. The van der Waals surface area contributed by atoms with Gasteiger partial charge in [-0.1, -0.05) is 29.4 Å². The lowest BCUT2D eigenvalue weighted by Crippen LogP contribution is -2.15. The summed E-state index contributed by atoms with van der Waals surface area (Å²) in [5, 5.41) is 9.35. The quantitative estimate of drug-likeness (QED) is 0.792. The van der Waals surface area contributed by atoms with E-state index in [1.54, 1.807) is 18.7 Å². The molecule has 0 saturated carbocycles. The molecule has 0 heterocycles. The van der Waals surface area contributed by atoms with Crippen LogP contribution in [0.3, 0.4) is 0 Å². The van der Waals surface area contributed by atoms with Crippen molar-refractivity contribution in [3.8, 4) is 0 Å². The van der Waals surface area contributed by atoms with Crippen LogP contribution in [0.15, 0.2) is 11.1 Å². The van der Waals surface area contributed by atoms with Gasteiger partial charge in [-0.25, -0.2) is 0 Å². The van der Waals surface area contributed by atoms with Crippen molar-refractivity contribution in [3.63, 3.8) is 0 Å². The number of rotatable bonds is 4. The van der Waals surface area contributed by atoms with Gasteiger partial charge in [0.2, 0.25) is 0 Å². The predicted molar refractivity (Wildman–Crippen MR) is 51.7 cm³/mol. The lowest BCUT2D eigenvalue weighted by atomic mass is 10.3. The Kier molecular flexibility index (Phi) is 5.49. The summed E-state index contributed by atoms with van der Waals surface area (Å²) in [6, 6.07) is 0. The predicted octanol–water partition coefficient (Wildman–Crippen LogP) is 2.40. The average Bonchev–Trinajstić information content (AvgIpc) is 1.82. The van der Waals surface area contributed by atoms with Gasteiger partial charge >= 0.3 is 0 Å². The Morgan fingerprint density at radius 3 is 2.50 bits per heavy atom. The second-order valence-electron chi connectivity index (χ2n) is 2.27. The third kappa shape index (κ3) is 5.33. The van der Waals surface area contributed by atoms with Crippen LogP contribution in [-0.2, 0) is 0 Å². The molecule has 0 aliphatic carbocycles. The summed E-state index contributed by atoms with van der Waals surface area (Å²) in [4.78, 5) is 0. The summed E-state index contributed by atoms with van der Waals surface area (Å²) < 4.78 is 0.977. The lowest BCUT2D eigenvalue weighted by molar-refractivity contribution is 0.196. The molecule has 3 heteroatoms. The maximum atomic E-state index is 9.07. The summed E-state index contributed by atoms with van der Waals surface area (Å²) in [5.74, 6) is 0.867. The first-order valence-electron chi connectivity index (χ1n) is 3.17. The highest BCUT2D eigenvalue weighted by molar-refractivity contribution is 9.11. The molecule has 0 amide bonds. The first kappa shape index (κ1) is 10.5. The van der Waals surface area contributed by atoms with Gasteiger partial charge in [0.25, 0.3) is 0 Å². The molecule has 0 aromatic carbocycles. The minimum absolute atomic E-state index is 0.239. The fourth-order valence-corrected chi connectivity index (χ4v) is 1.48. The Labute approximate surface area is 75.0 Å². The van der Waals surface area contributed by atoms with Gasteiger partial charge in [-0.15, -0.1) is 0 Å². The summed E-state index contributed by atoms with van der Waals surface area (Å²) in [6.07, 6.45) is -0.239. The Balaban J connectivity index is 3.39. The molecule has 0 bridgehead atoms. The SMILES string of the molecule is C=C(Br)CSC(C)C(C)O. The van der Waals surface area contributed by atoms with E-state index in [0.717, 1.165) is 10.2 Å². The van der Waals surface area contributed by atoms with Crippen LogP contribution in [0.4, 0.5) is 0 Å². The van der Waals surface area contributed by atoms with Crippen molar-refractivity contribution in [2.75, 3.05) is 5.75 Å². The molecule has 0 radical (unpaired) electrons. The fraction of sp³-hybridized carbons (Fsp3) is 0.714. The van der Waals surface area contributed by atoms with Gasteiger partial charge in [-0.05, 0) is 11.4 Å². The van der Waals surface area contributed by atoms with Gasteiger partial charge in [0, 0.05) is 11.0 Å². The largest absolute Gasteiger partial charge is 0.392 e. The van der Waals surface area contributed by atoms with E-state index in [2.05, 4.69) is 22.5 Å². The summed E-state index contributed by atoms with van der Waals surface area (Å²) in [7, 11) is 0. The summed E-state index contributed by atoms with van der Waals surface area (Å²) in [5.41, 5.74) is 0. The monoisotopic (exact) mass is 224 g/mol. The van der Waals surface area contributed by atoms with Crippen LogP contribution >= 0.6 is 27.7 Å². The second-order valence-corrected chi connectivity index (χ2v) is 4.76. The van der Waals surface area contributed by atoms with Gasteiger partial charge in [0.15, 0.2) is 0 Å². The van der Waals surface area contributed by atoms with Crippen molar-refractivity contribution in [2.45, 2.75) is 25.2 Å². The van der Waals surface area contributed by atoms with E-state index in [0.29, 0.717) is 0 Å². The Morgan fingerprint density at radius 1 is 1.70 bits per heavy atom. The fourth-order valence-electron chi connectivity index (χ4n) is 0.361. The highest BCUT2D eigenvalue weighted by Gasteiger charge is 2.08. The van der Waals surface area contributed by atoms with Crippen LogP contribution in [0.1, 0.15) is 13.8 Å². The van der Waals surface area contributed by atoms with E-state index in [9.17, 15) is 0 Å². The topological polar surface area (TPSA) is 20.2 Å². The molecule has 0 aromatic rings.